The molecular weight excluding hydrogens is 118 g/mol. The molecule has 0 fully saturated rings. The monoisotopic (exact) mass is 124 g/mol. The van der Waals surface area contributed by atoms with Gasteiger partial charge in [0.1, 0.15) is 5.83 Å². The molecule has 0 aliphatic rings. The molecule has 0 aromatic heterocycles. The molecule has 0 aromatic rings. The quantitative estimate of drug-likeness (QED) is 0.544. The van der Waals surface area contributed by atoms with Crippen molar-refractivity contribution in [1.29, 1.82) is 0 Å². The van der Waals surface area contributed by atoms with E-state index in [1.807, 2.05) is 0 Å². The van der Waals surface area contributed by atoms with Gasteiger partial charge in [-0.25, -0.2) is 4.39 Å². The number of ether oxygens (including phenoxy) is 1. The van der Waals surface area contributed by atoms with Crippen molar-refractivity contribution in [2.45, 2.75) is 0 Å². The zero-order valence-electron chi connectivity index (χ0n) is 3.95. The number of methoxy groups -OCH3 is 1. The van der Waals surface area contributed by atoms with Gasteiger partial charge in [0, 0.05) is 12.6 Å². The predicted octanol–water partition coefficient (Wildman–Crippen LogP) is 1.68. The van der Waals surface area contributed by atoms with Gasteiger partial charge in [-0.3, -0.25) is 0 Å². The largest absolute Gasteiger partial charge is 0.378 e. The molecule has 0 aliphatic heterocycles. The van der Waals surface area contributed by atoms with Gasteiger partial charge < -0.3 is 4.74 Å². The van der Waals surface area contributed by atoms with E-state index in [1.165, 1.54) is 7.11 Å². The molecule has 42 valence electrons. The summed E-state index contributed by atoms with van der Waals surface area (Å²) in [4.78, 5) is 0. The van der Waals surface area contributed by atoms with Gasteiger partial charge in [0.05, 0.1) is 6.61 Å². The maximum Gasteiger partial charge on any atom is 0.137 e. The number of halogens is 2. The SMILES string of the molecule is COC/C(F)=C\Cl. The first kappa shape index (κ1) is 6.92. The zero-order valence-corrected chi connectivity index (χ0v) is 4.70. The summed E-state index contributed by atoms with van der Waals surface area (Å²) in [6.07, 6.45) is 0. The van der Waals surface area contributed by atoms with Crippen LogP contribution in [0.3, 0.4) is 0 Å². The van der Waals surface area contributed by atoms with E-state index in [0.717, 1.165) is 5.54 Å². The lowest BCUT2D eigenvalue weighted by Gasteiger charge is -1.88. The van der Waals surface area contributed by atoms with Crippen LogP contribution in [-0.2, 0) is 4.74 Å². The van der Waals surface area contributed by atoms with Crippen LogP contribution in [0.4, 0.5) is 4.39 Å². The lowest BCUT2D eigenvalue weighted by molar-refractivity contribution is 0.206. The Morgan fingerprint density at radius 1 is 2.00 bits per heavy atom. The fourth-order valence-corrected chi connectivity index (χ4v) is 0.232. The Morgan fingerprint density at radius 3 is 2.71 bits per heavy atom. The van der Waals surface area contributed by atoms with Crippen molar-refractivity contribution in [2.24, 2.45) is 0 Å². The minimum Gasteiger partial charge on any atom is -0.378 e. The second kappa shape index (κ2) is 4.09. The van der Waals surface area contributed by atoms with E-state index >= 15 is 0 Å². The zero-order chi connectivity index (χ0) is 5.70. The summed E-state index contributed by atoms with van der Waals surface area (Å²) < 4.78 is 16.1. The Hall–Kier alpha value is -0.0800. The van der Waals surface area contributed by atoms with Crippen molar-refractivity contribution in [1.82, 2.24) is 0 Å². The maximum absolute atomic E-state index is 11.7. The van der Waals surface area contributed by atoms with Crippen LogP contribution in [-0.4, -0.2) is 13.7 Å². The van der Waals surface area contributed by atoms with Crippen LogP contribution in [0.2, 0.25) is 0 Å². The molecule has 0 rings (SSSR count). The second-order valence-corrected chi connectivity index (χ2v) is 1.21. The highest BCUT2D eigenvalue weighted by atomic mass is 35.5. The highest BCUT2D eigenvalue weighted by Crippen LogP contribution is 1.96. The summed E-state index contributed by atoms with van der Waals surface area (Å²) in [5.74, 6) is -0.454. The number of hydrogen-bond donors (Lipinski definition) is 0. The summed E-state index contributed by atoms with van der Waals surface area (Å²) >= 11 is 4.91. The van der Waals surface area contributed by atoms with Crippen LogP contribution in [0.1, 0.15) is 0 Å². The average Bonchev–Trinajstić information content (AvgIpc) is 1.68. The van der Waals surface area contributed by atoms with Crippen LogP contribution in [0.15, 0.2) is 11.4 Å². The summed E-state index contributed by atoms with van der Waals surface area (Å²) in [6.45, 7) is -0.0382. The summed E-state index contributed by atoms with van der Waals surface area (Å²) in [6, 6.07) is 0. The summed E-state index contributed by atoms with van der Waals surface area (Å²) in [5, 5.41) is 0. The van der Waals surface area contributed by atoms with Gasteiger partial charge in [0.15, 0.2) is 0 Å². The van der Waals surface area contributed by atoms with Crippen LogP contribution in [0, 0.1) is 0 Å². The third-order valence-corrected chi connectivity index (χ3v) is 0.637. The first-order valence-corrected chi connectivity index (χ1v) is 2.18. The number of hydrogen-bond acceptors (Lipinski definition) is 1. The van der Waals surface area contributed by atoms with Gasteiger partial charge in [-0.15, -0.1) is 0 Å². The lowest BCUT2D eigenvalue weighted by Crippen LogP contribution is -1.85. The van der Waals surface area contributed by atoms with Crippen LogP contribution in [0.25, 0.3) is 0 Å². The predicted molar refractivity (Wildman–Crippen MR) is 26.9 cm³/mol. The van der Waals surface area contributed by atoms with E-state index in [1.54, 1.807) is 0 Å². The van der Waals surface area contributed by atoms with Crippen LogP contribution in [0.5, 0.6) is 0 Å². The molecule has 0 heterocycles. The Balaban J connectivity index is 3.17. The van der Waals surface area contributed by atoms with Crippen molar-refractivity contribution in [3.63, 3.8) is 0 Å². The van der Waals surface area contributed by atoms with E-state index in [4.69, 9.17) is 11.6 Å². The van der Waals surface area contributed by atoms with Gasteiger partial charge in [0.25, 0.3) is 0 Å². The van der Waals surface area contributed by atoms with E-state index in [2.05, 4.69) is 4.74 Å². The molecule has 0 unspecified atom stereocenters. The molecule has 0 bridgehead atoms. The Labute approximate surface area is 46.7 Å². The molecular formula is C4H6ClFO. The van der Waals surface area contributed by atoms with Crippen LogP contribution < -0.4 is 0 Å². The average molecular weight is 125 g/mol. The topological polar surface area (TPSA) is 9.23 Å². The first-order chi connectivity index (χ1) is 3.31. The number of rotatable bonds is 2. The Kier molecular flexibility index (Phi) is 4.04. The van der Waals surface area contributed by atoms with Crippen molar-refractivity contribution in [3.8, 4) is 0 Å². The molecule has 0 saturated carbocycles. The molecule has 0 N–H and O–H groups in total. The first-order valence-electron chi connectivity index (χ1n) is 1.75. The lowest BCUT2D eigenvalue weighted by atomic mass is 10.6. The van der Waals surface area contributed by atoms with Crippen molar-refractivity contribution >= 4 is 11.6 Å². The van der Waals surface area contributed by atoms with Crippen molar-refractivity contribution in [3.05, 3.63) is 11.4 Å². The van der Waals surface area contributed by atoms with Crippen molar-refractivity contribution in [2.75, 3.05) is 13.7 Å². The Bertz CT molecular complexity index is 72.1. The fraction of sp³-hybridized carbons (Fsp3) is 0.500. The summed E-state index contributed by atoms with van der Waals surface area (Å²) in [5.41, 5.74) is 0.851. The van der Waals surface area contributed by atoms with E-state index in [0.29, 0.717) is 0 Å². The van der Waals surface area contributed by atoms with Gasteiger partial charge in [0.2, 0.25) is 0 Å². The minimum absolute atomic E-state index is 0.0382. The highest BCUT2D eigenvalue weighted by Gasteiger charge is 1.86. The second-order valence-electron chi connectivity index (χ2n) is 0.989. The molecule has 0 saturated heterocycles. The molecule has 0 spiro atoms. The molecule has 1 nitrogen and oxygen atoms in total. The molecule has 0 aromatic carbocycles. The van der Waals surface area contributed by atoms with E-state index < -0.39 is 5.83 Å². The Morgan fingerprint density at radius 2 is 2.57 bits per heavy atom. The maximum atomic E-state index is 11.7. The van der Waals surface area contributed by atoms with Crippen LogP contribution >= 0.6 is 11.6 Å². The van der Waals surface area contributed by atoms with Gasteiger partial charge in [-0.2, -0.15) is 0 Å². The van der Waals surface area contributed by atoms with E-state index in [-0.39, 0.29) is 6.61 Å². The standard InChI is InChI=1S/C4H6ClFO/c1-7-3-4(6)2-5/h2H,3H2,1H3/b4-2+. The fourth-order valence-electron chi connectivity index (χ4n) is 0.169. The van der Waals surface area contributed by atoms with Gasteiger partial charge >= 0.3 is 0 Å². The molecule has 0 aliphatic carbocycles. The minimum atomic E-state index is -0.454. The van der Waals surface area contributed by atoms with Crippen molar-refractivity contribution < 1.29 is 9.13 Å². The molecule has 0 atom stereocenters. The van der Waals surface area contributed by atoms with Gasteiger partial charge in [-0.05, 0) is 0 Å². The third kappa shape index (κ3) is 3.76. The molecule has 0 amide bonds. The molecule has 7 heavy (non-hydrogen) atoms. The molecule has 3 heteroatoms. The third-order valence-electron chi connectivity index (χ3n) is 0.401. The molecule has 0 radical (unpaired) electrons. The summed E-state index contributed by atoms with van der Waals surface area (Å²) in [7, 11) is 1.40. The van der Waals surface area contributed by atoms with E-state index in [9.17, 15) is 4.39 Å². The van der Waals surface area contributed by atoms with Gasteiger partial charge in [-0.1, -0.05) is 11.6 Å². The highest BCUT2D eigenvalue weighted by molar-refractivity contribution is 6.25. The smallest absolute Gasteiger partial charge is 0.137 e. The normalized spacial score (nSPS) is 12.1.